The maximum atomic E-state index is 12.5. The molecule has 120 valence electrons. The summed E-state index contributed by atoms with van der Waals surface area (Å²) in [5.74, 6) is 0.212. The van der Waals surface area contributed by atoms with Gasteiger partial charge in [0.05, 0.1) is 18.4 Å². The zero-order chi connectivity index (χ0) is 16.2. The van der Waals surface area contributed by atoms with Gasteiger partial charge in [-0.1, -0.05) is 0 Å². The molecule has 0 unspecified atom stereocenters. The van der Waals surface area contributed by atoms with Gasteiger partial charge in [0.15, 0.2) is 0 Å². The number of furan rings is 1. The molecule has 7 nitrogen and oxygen atoms in total. The highest BCUT2D eigenvalue weighted by Crippen LogP contribution is 2.20. The van der Waals surface area contributed by atoms with Crippen LogP contribution in [-0.4, -0.2) is 34.3 Å². The standard InChI is InChI=1S/C16H17N3O4/c20-14-6-5-11(9-17-14)16(22)19-7-1-4-13(19)15(21)18-10-12-3-2-8-23-12/h2-3,5-6,8-9,13H,1,4,7,10H2,(H,17,20)(H,18,21)/t13-/m0/s1. The van der Waals surface area contributed by atoms with Crippen molar-refractivity contribution in [2.45, 2.75) is 25.4 Å². The maximum Gasteiger partial charge on any atom is 0.256 e. The number of hydrogen-bond donors (Lipinski definition) is 2. The van der Waals surface area contributed by atoms with Crippen molar-refractivity contribution in [3.8, 4) is 0 Å². The predicted molar refractivity (Wildman–Crippen MR) is 81.7 cm³/mol. The first kappa shape index (κ1) is 15.1. The third-order valence-corrected chi connectivity index (χ3v) is 3.86. The Labute approximate surface area is 132 Å². The quantitative estimate of drug-likeness (QED) is 0.876. The largest absolute Gasteiger partial charge is 0.467 e. The second-order valence-corrected chi connectivity index (χ2v) is 5.40. The highest BCUT2D eigenvalue weighted by atomic mass is 16.3. The number of nitrogens with zero attached hydrogens (tertiary/aromatic N) is 1. The van der Waals surface area contributed by atoms with Gasteiger partial charge < -0.3 is 19.6 Å². The van der Waals surface area contributed by atoms with E-state index in [0.29, 0.717) is 30.8 Å². The molecule has 3 rings (SSSR count). The molecule has 2 aromatic rings. The van der Waals surface area contributed by atoms with E-state index in [1.54, 1.807) is 23.3 Å². The van der Waals surface area contributed by atoms with E-state index < -0.39 is 6.04 Å². The third-order valence-electron chi connectivity index (χ3n) is 3.86. The van der Waals surface area contributed by atoms with Crippen molar-refractivity contribution in [2.75, 3.05) is 6.54 Å². The van der Waals surface area contributed by atoms with Gasteiger partial charge in [-0.2, -0.15) is 0 Å². The number of aromatic amines is 1. The van der Waals surface area contributed by atoms with Crippen molar-refractivity contribution < 1.29 is 14.0 Å². The number of amides is 2. The molecule has 1 atom stereocenters. The lowest BCUT2D eigenvalue weighted by molar-refractivity contribution is -0.125. The summed E-state index contributed by atoms with van der Waals surface area (Å²) in [7, 11) is 0. The molecule has 0 saturated carbocycles. The molecule has 0 aromatic carbocycles. The fourth-order valence-electron chi connectivity index (χ4n) is 2.70. The topological polar surface area (TPSA) is 95.4 Å². The van der Waals surface area contributed by atoms with E-state index in [1.807, 2.05) is 0 Å². The first-order valence-corrected chi connectivity index (χ1v) is 7.45. The van der Waals surface area contributed by atoms with Crippen molar-refractivity contribution >= 4 is 11.8 Å². The predicted octanol–water partition coefficient (Wildman–Crippen LogP) is 0.889. The molecular formula is C16H17N3O4. The zero-order valence-corrected chi connectivity index (χ0v) is 12.5. The van der Waals surface area contributed by atoms with Crippen LogP contribution in [0.2, 0.25) is 0 Å². The first-order valence-electron chi connectivity index (χ1n) is 7.45. The Kier molecular flexibility index (Phi) is 4.27. The molecule has 1 fully saturated rings. The number of rotatable bonds is 4. The molecule has 2 amide bonds. The van der Waals surface area contributed by atoms with Gasteiger partial charge in [0.2, 0.25) is 11.5 Å². The SMILES string of the molecule is O=C(NCc1ccco1)[C@@H]1CCCN1C(=O)c1ccc(=O)[nH]c1. The van der Waals surface area contributed by atoms with Gasteiger partial charge in [-0.05, 0) is 31.0 Å². The molecule has 7 heteroatoms. The molecule has 1 aliphatic heterocycles. The Morgan fingerprint density at radius 3 is 2.91 bits per heavy atom. The molecule has 0 bridgehead atoms. The van der Waals surface area contributed by atoms with Gasteiger partial charge >= 0.3 is 0 Å². The van der Waals surface area contributed by atoms with Crippen LogP contribution in [0.1, 0.15) is 29.0 Å². The van der Waals surface area contributed by atoms with E-state index in [1.165, 1.54) is 18.3 Å². The Hall–Kier alpha value is -2.83. The number of aromatic nitrogens is 1. The Morgan fingerprint density at radius 1 is 1.35 bits per heavy atom. The average Bonchev–Trinajstić information content (AvgIpc) is 3.24. The van der Waals surface area contributed by atoms with Gasteiger partial charge in [0.1, 0.15) is 11.8 Å². The Morgan fingerprint density at radius 2 is 2.22 bits per heavy atom. The van der Waals surface area contributed by atoms with E-state index in [9.17, 15) is 14.4 Å². The van der Waals surface area contributed by atoms with E-state index >= 15 is 0 Å². The number of H-pyrrole nitrogens is 1. The van der Waals surface area contributed by atoms with Crippen molar-refractivity contribution in [2.24, 2.45) is 0 Å². The molecule has 0 radical (unpaired) electrons. The molecule has 2 N–H and O–H groups in total. The summed E-state index contributed by atoms with van der Waals surface area (Å²) in [5.41, 5.74) is 0.103. The van der Waals surface area contributed by atoms with E-state index in [0.717, 1.165) is 6.42 Å². The first-order chi connectivity index (χ1) is 11.1. The monoisotopic (exact) mass is 315 g/mol. The number of carbonyl (C=O) groups is 2. The van der Waals surface area contributed by atoms with Crippen molar-refractivity contribution in [3.63, 3.8) is 0 Å². The fraction of sp³-hybridized carbons (Fsp3) is 0.312. The molecule has 1 saturated heterocycles. The fourth-order valence-corrected chi connectivity index (χ4v) is 2.70. The summed E-state index contributed by atoms with van der Waals surface area (Å²) >= 11 is 0. The third kappa shape index (κ3) is 3.33. The van der Waals surface area contributed by atoms with Crippen LogP contribution in [0.3, 0.4) is 0 Å². The Bertz CT molecular complexity index is 730. The molecule has 0 spiro atoms. The summed E-state index contributed by atoms with van der Waals surface area (Å²) < 4.78 is 5.17. The van der Waals surface area contributed by atoms with Gasteiger partial charge in [0, 0.05) is 18.8 Å². The van der Waals surface area contributed by atoms with E-state index in [4.69, 9.17) is 4.42 Å². The smallest absolute Gasteiger partial charge is 0.256 e. The number of pyridine rings is 1. The van der Waals surface area contributed by atoms with Crippen molar-refractivity contribution in [1.82, 2.24) is 15.2 Å². The summed E-state index contributed by atoms with van der Waals surface area (Å²) in [5, 5.41) is 2.79. The van der Waals surface area contributed by atoms with E-state index in [2.05, 4.69) is 10.3 Å². The van der Waals surface area contributed by atoms with Crippen LogP contribution in [0.25, 0.3) is 0 Å². The van der Waals surface area contributed by atoms with Crippen molar-refractivity contribution in [3.05, 3.63) is 58.4 Å². The van der Waals surface area contributed by atoms with Crippen LogP contribution in [0, 0.1) is 0 Å². The van der Waals surface area contributed by atoms with Crippen LogP contribution < -0.4 is 10.9 Å². The molecule has 0 aliphatic carbocycles. The summed E-state index contributed by atoms with van der Waals surface area (Å²) in [6.07, 6.45) is 4.32. The number of carbonyl (C=O) groups excluding carboxylic acids is 2. The summed E-state index contributed by atoms with van der Waals surface area (Å²) in [6.45, 7) is 0.819. The highest BCUT2D eigenvalue weighted by molar-refractivity contribution is 5.97. The zero-order valence-electron chi connectivity index (χ0n) is 12.5. The average molecular weight is 315 g/mol. The lowest BCUT2D eigenvalue weighted by Gasteiger charge is -2.23. The normalized spacial score (nSPS) is 17.2. The minimum atomic E-state index is -0.496. The molecule has 1 aliphatic rings. The number of hydrogen-bond acceptors (Lipinski definition) is 4. The minimum Gasteiger partial charge on any atom is -0.467 e. The van der Waals surface area contributed by atoms with Crippen LogP contribution in [0.5, 0.6) is 0 Å². The highest BCUT2D eigenvalue weighted by Gasteiger charge is 2.34. The number of likely N-dealkylation sites (tertiary alicyclic amines) is 1. The lowest BCUT2D eigenvalue weighted by atomic mass is 10.2. The van der Waals surface area contributed by atoms with Crippen LogP contribution in [0.4, 0.5) is 0 Å². The number of nitrogens with one attached hydrogen (secondary N) is 2. The summed E-state index contributed by atoms with van der Waals surface area (Å²) in [4.78, 5) is 40.0. The molecule has 2 aromatic heterocycles. The van der Waals surface area contributed by atoms with Gasteiger partial charge in [-0.3, -0.25) is 14.4 Å². The molecule has 23 heavy (non-hydrogen) atoms. The molecular weight excluding hydrogens is 298 g/mol. The second kappa shape index (κ2) is 6.51. The van der Waals surface area contributed by atoms with Gasteiger partial charge in [0.25, 0.3) is 5.91 Å². The Balaban J connectivity index is 1.66. The molecule has 3 heterocycles. The minimum absolute atomic E-state index is 0.198. The maximum absolute atomic E-state index is 12.5. The summed E-state index contributed by atoms with van der Waals surface area (Å²) in [6, 6.07) is 5.80. The lowest BCUT2D eigenvalue weighted by Crippen LogP contribution is -2.45. The van der Waals surface area contributed by atoms with Gasteiger partial charge in [-0.25, -0.2) is 0 Å². The van der Waals surface area contributed by atoms with Crippen LogP contribution >= 0.6 is 0 Å². The van der Waals surface area contributed by atoms with Gasteiger partial charge in [-0.15, -0.1) is 0 Å². The van der Waals surface area contributed by atoms with Crippen molar-refractivity contribution in [1.29, 1.82) is 0 Å². The van der Waals surface area contributed by atoms with Crippen LogP contribution in [0.15, 0.2) is 45.9 Å². The second-order valence-electron chi connectivity index (χ2n) is 5.40. The van der Waals surface area contributed by atoms with E-state index in [-0.39, 0.29) is 17.4 Å². The van der Waals surface area contributed by atoms with Crippen LogP contribution in [-0.2, 0) is 11.3 Å².